The highest BCUT2D eigenvalue weighted by Gasteiger charge is 2.13. The molecule has 0 bridgehead atoms. The van der Waals surface area contributed by atoms with Gasteiger partial charge in [0, 0.05) is 6.07 Å². The van der Waals surface area contributed by atoms with Gasteiger partial charge in [-0.3, -0.25) is 4.79 Å². The van der Waals surface area contributed by atoms with E-state index in [9.17, 15) is 4.79 Å². The monoisotopic (exact) mass is 256 g/mol. The molecule has 0 radical (unpaired) electrons. The number of hydrogen-bond acceptors (Lipinski definition) is 5. The van der Waals surface area contributed by atoms with Crippen molar-refractivity contribution in [1.29, 1.82) is 0 Å². The van der Waals surface area contributed by atoms with E-state index in [0.29, 0.717) is 23.3 Å². The molecule has 3 aromatic heterocycles. The number of nitrogen functional groups attached to an aromatic ring is 1. The first-order valence-corrected chi connectivity index (χ1v) is 5.45. The van der Waals surface area contributed by atoms with Gasteiger partial charge in [-0.25, -0.2) is 9.97 Å². The van der Waals surface area contributed by atoms with E-state index in [-0.39, 0.29) is 5.95 Å². The summed E-state index contributed by atoms with van der Waals surface area (Å²) in [6.07, 6.45) is 7.31. The van der Waals surface area contributed by atoms with Crippen LogP contribution in [0, 0.1) is 0 Å². The topological polar surface area (TPSA) is 103 Å². The first-order valence-electron chi connectivity index (χ1n) is 5.45. The van der Waals surface area contributed by atoms with Crippen LogP contribution < -0.4 is 15.7 Å². The zero-order chi connectivity index (χ0) is 13.2. The van der Waals surface area contributed by atoms with Crippen LogP contribution >= 0.6 is 0 Å². The first kappa shape index (κ1) is 11.1. The van der Waals surface area contributed by atoms with E-state index in [0.717, 1.165) is 0 Å². The molecule has 8 nitrogen and oxygen atoms in total. The lowest BCUT2D eigenvalue weighted by Crippen LogP contribution is -2.40. The van der Waals surface area contributed by atoms with E-state index in [1.54, 1.807) is 46.4 Å². The summed E-state index contributed by atoms with van der Waals surface area (Å²) < 4.78 is 3.43. The molecule has 8 heteroatoms. The Morgan fingerprint density at radius 2 is 2.32 bits per heavy atom. The van der Waals surface area contributed by atoms with Crippen LogP contribution in [0.1, 0.15) is 0 Å². The summed E-state index contributed by atoms with van der Waals surface area (Å²) in [5.41, 5.74) is 7.45. The van der Waals surface area contributed by atoms with Crippen LogP contribution in [0.15, 0.2) is 37.1 Å². The fraction of sp³-hybridized carbons (Fsp3) is 0. The lowest BCUT2D eigenvalue weighted by Gasteiger charge is -1.99. The Morgan fingerprint density at radius 1 is 1.42 bits per heavy atom. The minimum atomic E-state index is 0.178. The van der Waals surface area contributed by atoms with Gasteiger partial charge in [0.05, 0.1) is 6.20 Å². The fourth-order valence-corrected chi connectivity index (χ4v) is 1.73. The highest BCUT2D eigenvalue weighted by atomic mass is 16.1. The Kier molecular flexibility index (Phi) is 2.53. The van der Waals surface area contributed by atoms with Crippen LogP contribution in [0.5, 0.6) is 0 Å². The van der Waals surface area contributed by atoms with E-state index < -0.39 is 0 Å². The zero-order valence-electron chi connectivity index (χ0n) is 9.76. The van der Waals surface area contributed by atoms with Crippen molar-refractivity contribution in [2.45, 2.75) is 0 Å². The molecule has 19 heavy (non-hydrogen) atoms. The molecule has 94 valence electrons. The quantitative estimate of drug-likeness (QED) is 0.489. The number of anilines is 2. The Balaban J connectivity index is 2.15. The van der Waals surface area contributed by atoms with Crippen molar-refractivity contribution in [2.75, 3.05) is 11.1 Å². The maximum Gasteiger partial charge on any atom is 0.226 e. The average Bonchev–Trinajstić information content (AvgIpc) is 2.82. The highest BCUT2D eigenvalue weighted by molar-refractivity contribution is 5.70. The number of imidazole rings is 1. The molecule has 0 spiro atoms. The zero-order valence-corrected chi connectivity index (χ0v) is 9.76. The van der Waals surface area contributed by atoms with Crippen molar-refractivity contribution in [3.8, 4) is 0 Å². The summed E-state index contributed by atoms with van der Waals surface area (Å²) in [4.78, 5) is 22.7. The molecule has 0 aliphatic rings. The maximum absolute atomic E-state index is 10.5. The fourth-order valence-electron chi connectivity index (χ4n) is 1.73. The minimum Gasteiger partial charge on any atom is -0.368 e. The number of carbonyl (C=O) groups excluding carboxylic acids is 1. The van der Waals surface area contributed by atoms with Crippen LogP contribution in [0.2, 0.25) is 0 Å². The lowest BCUT2D eigenvalue weighted by atomic mass is 10.4. The van der Waals surface area contributed by atoms with Gasteiger partial charge >= 0.3 is 0 Å². The molecule has 0 aromatic carbocycles. The molecule has 0 unspecified atom stereocenters. The van der Waals surface area contributed by atoms with Crippen molar-refractivity contribution in [3.63, 3.8) is 0 Å². The molecule has 1 amide bonds. The molecule has 0 aliphatic heterocycles. The molecule has 0 saturated carbocycles. The Morgan fingerprint density at radius 3 is 3.16 bits per heavy atom. The SMILES string of the molecule is Nc1ncc2ncn(-[n+]3cccc(NC=O)c3)c2n1. The number of fused-ring (bicyclic) bond motifs is 1. The molecule has 3 heterocycles. The van der Waals surface area contributed by atoms with Gasteiger partial charge in [0.25, 0.3) is 0 Å². The number of hydrogen-bond donors (Lipinski definition) is 2. The molecule has 3 N–H and O–H groups in total. The average molecular weight is 256 g/mol. The number of amides is 1. The molecule has 0 atom stereocenters. The van der Waals surface area contributed by atoms with Gasteiger partial charge in [0.1, 0.15) is 11.2 Å². The van der Waals surface area contributed by atoms with Crippen LogP contribution in [0.4, 0.5) is 11.6 Å². The third-order valence-electron chi connectivity index (χ3n) is 2.55. The molecule has 0 fully saturated rings. The normalized spacial score (nSPS) is 10.5. The lowest BCUT2D eigenvalue weighted by molar-refractivity contribution is -0.724. The van der Waals surface area contributed by atoms with E-state index in [1.165, 1.54) is 0 Å². The molecular formula is C11H10N7O+. The first-order chi connectivity index (χ1) is 9.28. The summed E-state index contributed by atoms with van der Waals surface area (Å²) in [6, 6.07) is 3.57. The van der Waals surface area contributed by atoms with Crippen molar-refractivity contribution < 1.29 is 9.47 Å². The second-order valence-corrected chi connectivity index (χ2v) is 3.76. The number of nitrogens with two attached hydrogens (primary N) is 1. The van der Waals surface area contributed by atoms with Gasteiger partial charge in [-0.1, -0.05) is 9.35 Å². The Bertz CT molecular complexity index is 752. The number of nitrogens with zero attached hydrogens (tertiary/aromatic N) is 5. The summed E-state index contributed by atoms with van der Waals surface area (Å²) in [5.74, 6) is 0.178. The highest BCUT2D eigenvalue weighted by Crippen LogP contribution is 2.08. The van der Waals surface area contributed by atoms with Gasteiger partial charge in [-0.05, 0) is 6.07 Å². The predicted octanol–water partition coefficient (Wildman–Crippen LogP) is -0.424. The molecule has 0 saturated heterocycles. The van der Waals surface area contributed by atoms with Gasteiger partial charge < -0.3 is 11.1 Å². The minimum absolute atomic E-state index is 0.178. The van der Waals surface area contributed by atoms with Crippen molar-refractivity contribution in [1.82, 2.24) is 19.6 Å². The van der Waals surface area contributed by atoms with Crippen LogP contribution in [0.3, 0.4) is 0 Å². The van der Waals surface area contributed by atoms with E-state index in [4.69, 9.17) is 5.73 Å². The van der Waals surface area contributed by atoms with Crippen molar-refractivity contribution in [2.24, 2.45) is 0 Å². The van der Waals surface area contributed by atoms with Crippen molar-refractivity contribution >= 4 is 29.2 Å². The van der Waals surface area contributed by atoms with E-state index in [1.807, 2.05) is 0 Å². The molecular weight excluding hydrogens is 246 g/mol. The van der Waals surface area contributed by atoms with Crippen LogP contribution in [-0.4, -0.2) is 26.0 Å². The summed E-state index contributed by atoms with van der Waals surface area (Å²) in [5, 5.41) is 2.58. The maximum atomic E-state index is 10.5. The molecule has 3 aromatic rings. The standard InChI is InChI=1S/C11H9N7O/c12-11-13-4-9-10(16-11)18(6-14-9)17-3-1-2-8(5-17)15-7-19/h1-7H,(H2-,12,13,15,16,19)/p+1. The number of pyridine rings is 1. The summed E-state index contributed by atoms with van der Waals surface area (Å²) in [6.45, 7) is 0. The number of rotatable bonds is 3. The van der Waals surface area contributed by atoms with Gasteiger partial charge in [-0.2, -0.15) is 4.98 Å². The largest absolute Gasteiger partial charge is 0.368 e. The predicted molar refractivity (Wildman–Crippen MR) is 66.9 cm³/mol. The van der Waals surface area contributed by atoms with E-state index >= 15 is 0 Å². The van der Waals surface area contributed by atoms with Crippen LogP contribution in [-0.2, 0) is 4.79 Å². The van der Waals surface area contributed by atoms with E-state index in [2.05, 4.69) is 20.3 Å². The number of carbonyl (C=O) groups is 1. The third kappa shape index (κ3) is 1.95. The molecule has 0 aliphatic carbocycles. The smallest absolute Gasteiger partial charge is 0.226 e. The van der Waals surface area contributed by atoms with Gasteiger partial charge in [0.2, 0.25) is 30.4 Å². The third-order valence-corrected chi connectivity index (χ3v) is 2.55. The Hall–Kier alpha value is -3.03. The Labute approximate surface area is 107 Å². The van der Waals surface area contributed by atoms with Crippen LogP contribution in [0.25, 0.3) is 11.2 Å². The van der Waals surface area contributed by atoms with Crippen molar-refractivity contribution in [3.05, 3.63) is 37.1 Å². The summed E-state index contributed by atoms with van der Waals surface area (Å²) >= 11 is 0. The van der Waals surface area contributed by atoms with Gasteiger partial charge in [-0.15, -0.1) is 0 Å². The number of aromatic nitrogens is 5. The second kappa shape index (κ2) is 4.33. The second-order valence-electron chi connectivity index (χ2n) is 3.76. The summed E-state index contributed by atoms with van der Waals surface area (Å²) in [7, 11) is 0. The molecule has 3 rings (SSSR count). The number of nitrogens with one attached hydrogen (secondary N) is 1. The van der Waals surface area contributed by atoms with Gasteiger partial charge in [0.15, 0.2) is 6.33 Å².